The van der Waals surface area contributed by atoms with Gasteiger partial charge in [0.2, 0.25) is 15.0 Å². The third-order valence-electron chi connectivity index (χ3n) is 6.50. The van der Waals surface area contributed by atoms with Crippen molar-refractivity contribution in [3.63, 3.8) is 0 Å². The van der Waals surface area contributed by atoms with Crippen LogP contribution in [0.3, 0.4) is 0 Å². The first kappa shape index (κ1) is 24.5. The summed E-state index contributed by atoms with van der Waals surface area (Å²) in [7, 11) is -2.11. The third kappa shape index (κ3) is 4.95. The van der Waals surface area contributed by atoms with E-state index in [4.69, 9.17) is 4.43 Å². The van der Waals surface area contributed by atoms with Gasteiger partial charge in [-0.15, -0.1) is 0 Å². The normalized spacial score (nSPS) is 11.8. The highest BCUT2D eigenvalue weighted by molar-refractivity contribution is 7.01. The smallest absolute Gasteiger partial charge is 0.242 e. The standard InChI is InChI=1S/C29H39BOSi/c1-19(2)31-32(9,10)27-14-12-11-13-26(27)30(28-22(5)15-20(3)16-23(28)6)29-24(7)17-21(4)18-25(29)8/h11-19H,1-10H3. The van der Waals surface area contributed by atoms with E-state index in [1.807, 2.05) is 0 Å². The number of benzene rings is 3. The fourth-order valence-electron chi connectivity index (χ4n) is 5.70. The molecule has 0 bridgehead atoms. The Morgan fingerprint density at radius 2 is 1.09 bits per heavy atom. The number of hydrogen-bond donors (Lipinski definition) is 0. The molecule has 0 saturated carbocycles. The first-order valence-electron chi connectivity index (χ1n) is 11.8. The summed E-state index contributed by atoms with van der Waals surface area (Å²) in [6, 6.07) is 18.4. The molecule has 0 aliphatic carbocycles. The maximum absolute atomic E-state index is 6.58. The number of rotatable bonds is 6. The van der Waals surface area contributed by atoms with Gasteiger partial charge in [0.15, 0.2) is 0 Å². The van der Waals surface area contributed by atoms with Crippen LogP contribution in [0, 0.1) is 41.5 Å². The van der Waals surface area contributed by atoms with Crippen molar-refractivity contribution in [2.24, 2.45) is 0 Å². The van der Waals surface area contributed by atoms with E-state index in [1.54, 1.807) is 0 Å². The molecule has 0 spiro atoms. The van der Waals surface area contributed by atoms with Crippen molar-refractivity contribution in [1.82, 2.24) is 0 Å². The van der Waals surface area contributed by atoms with E-state index in [1.165, 1.54) is 55.0 Å². The molecule has 0 atom stereocenters. The summed E-state index contributed by atoms with van der Waals surface area (Å²) in [5.74, 6) is 0. The predicted octanol–water partition coefficient (Wildman–Crippen LogP) is 4.89. The molecular formula is C29H39BOSi. The maximum Gasteiger partial charge on any atom is 0.242 e. The quantitative estimate of drug-likeness (QED) is 0.494. The van der Waals surface area contributed by atoms with Crippen molar-refractivity contribution in [3.05, 3.63) is 81.9 Å². The zero-order valence-electron chi connectivity index (χ0n) is 21.7. The fourth-order valence-corrected chi connectivity index (χ4v) is 8.42. The van der Waals surface area contributed by atoms with Crippen LogP contribution < -0.4 is 21.6 Å². The average molecular weight is 443 g/mol. The van der Waals surface area contributed by atoms with E-state index in [-0.39, 0.29) is 12.8 Å². The van der Waals surface area contributed by atoms with E-state index < -0.39 is 8.32 Å². The summed E-state index contributed by atoms with van der Waals surface area (Å²) in [6.45, 7) is 22.7. The van der Waals surface area contributed by atoms with Gasteiger partial charge in [-0.3, -0.25) is 0 Å². The van der Waals surface area contributed by atoms with Gasteiger partial charge in [-0.25, -0.2) is 0 Å². The molecule has 3 aromatic rings. The minimum atomic E-state index is -2.11. The molecule has 32 heavy (non-hydrogen) atoms. The monoisotopic (exact) mass is 442 g/mol. The van der Waals surface area contributed by atoms with Crippen LogP contribution in [0.1, 0.15) is 47.2 Å². The van der Waals surface area contributed by atoms with Crippen LogP contribution in [0.25, 0.3) is 0 Å². The van der Waals surface area contributed by atoms with Crippen molar-refractivity contribution in [2.75, 3.05) is 0 Å². The van der Waals surface area contributed by atoms with Crippen LogP contribution in [0.5, 0.6) is 0 Å². The topological polar surface area (TPSA) is 9.23 Å². The van der Waals surface area contributed by atoms with Crippen LogP contribution >= 0.6 is 0 Å². The molecule has 3 aromatic carbocycles. The molecule has 1 nitrogen and oxygen atoms in total. The lowest BCUT2D eigenvalue weighted by Gasteiger charge is -2.32. The SMILES string of the molecule is Cc1cc(C)c(B(c2ccccc2[Si](C)(C)OC(C)C)c2c(C)cc(C)cc2C)c(C)c1. The fraction of sp³-hybridized carbons (Fsp3) is 0.379. The van der Waals surface area contributed by atoms with E-state index in [0.717, 1.165) is 0 Å². The second-order valence-corrected chi connectivity index (χ2v) is 14.1. The minimum Gasteiger partial charge on any atom is -0.411 e. The zero-order chi connectivity index (χ0) is 23.8. The predicted molar refractivity (Wildman–Crippen MR) is 146 cm³/mol. The Kier molecular flexibility index (Phi) is 7.22. The largest absolute Gasteiger partial charge is 0.411 e. The van der Waals surface area contributed by atoms with Crippen LogP contribution in [0.4, 0.5) is 0 Å². The lowest BCUT2D eigenvalue weighted by Crippen LogP contribution is -2.65. The Labute approximate surface area is 197 Å². The van der Waals surface area contributed by atoms with Gasteiger partial charge in [0, 0.05) is 6.10 Å². The van der Waals surface area contributed by atoms with Gasteiger partial charge in [-0.2, -0.15) is 0 Å². The van der Waals surface area contributed by atoms with Crippen LogP contribution in [-0.4, -0.2) is 21.1 Å². The molecule has 0 saturated heterocycles. The summed E-state index contributed by atoms with van der Waals surface area (Å²) in [6.07, 6.45) is 0.217. The highest BCUT2D eigenvalue weighted by Gasteiger charge is 2.36. The summed E-state index contributed by atoms with van der Waals surface area (Å²) in [5, 5.41) is 1.40. The highest BCUT2D eigenvalue weighted by atomic mass is 28.4. The Balaban J connectivity index is 2.40. The summed E-state index contributed by atoms with van der Waals surface area (Å²) in [4.78, 5) is 0. The van der Waals surface area contributed by atoms with Gasteiger partial charge >= 0.3 is 0 Å². The third-order valence-corrected chi connectivity index (χ3v) is 9.32. The molecule has 0 N–H and O–H groups in total. The molecule has 168 valence electrons. The van der Waals surface area contributed by atoms with Gasteiger partial charge in [0.25, 0.3) is 0 Å². The van der Waals surface area contributed by atoms with E-state index >= 15 is 0 Å². The minimum absolute atomic E-state index is 0.190. The summed E-state index contributed by atoms with van der Waals surface area (Å²) < 4.78 is 6.58. The molecule has 0 unspecified atom stereocenters. The Bertz CT molecular complexity index is 1030. The second-order valence-electron chi connectivity index (χ2n) is 10.3. The first-order chi connectivity index (χ1) is 14.9. The Morgan fingerprint density at radius 3 is 1.50 bits per heavy atom. The van der Waals surface area contributed by atoms with Gasteiger partial charge in [0.05, 0.1) is 0 Å². The first-order valence-corrected chi connectivity index (χ1v) is 14.8. The molecule has 0 amide bonds. The molecule has 0 aliphatic heterocycles. The molecule has 0 aromatic heterocycles. The van der Waals surface area contributed by atoms with Gasteiger partial charge in [-0.05, 0) is 73.7 Å². The van der Waals surface area contributed by atoms with Crippen molar-refractivity contribution >= 4 is 36.6 Å². The number of aryl methyl sites for hydroxylation is 6. The highest BCUT2D eigenvalue weighted by Crippen LogP contribution is 2.14. The molecule has 0 heterocycles. The van der Waals surface area contributed by atoms with Crippen LogP contribution in [-0.2, 0) is 4.43 Å². The van der Waals surface area contributed by atoms with Gasteiger partial charge in [0.1, 0.15) is 0 Å². The van der Waals surface area contributed by atoms with Crippen molar-refractivity contribution < 1.29 is 4.43 Å². The molecule has 0 radical (unpaired) electrons. The Morgan fingerprint density at radius 1 is 0.688 bits per heavy atom. The van der Waals surface area contributed by atoms with Gasteiger partial charge in [-0.1, -0.05) is 98.3 Å². The molecule has 0 fully saturated rings. The van der Waals surface area contributed by atoms with Crippen molar-refractivity contribution in [2.45, 2.75) is 74.6 Å². The summed E-state index contributed by atoms with van der Waals surface area (Å²) >= 11 is 0. The molecule has 0 aliphatic rings. The Hall–Kier alpha value is -2.10. The lowest BCUT2D eigenvalue weighted by atomic mass is 9.34. The zero-order valence-corrected chi connectivity index (χ0v) is 22.7. The van der Waals surface area contributed by atoms with Crippen molar-refractivity contribution in [3.8, 4) is 0 Å². The molecule has 3 heteroatoms. The van der Waals surface area contributed by atoms with E-state index in [0.29, 0.717) is 0 Å². The van der Waals surface area contributed by atoms with Crippen LogP contribution in [0.15, 0.2) is 48.5 Å². The van der Waals surface area contributed by atoms with E-state index in [2.05, 4.69) is 117 Å². The maximum atomic E-state index is 6.58. The van der Waals surface area contributed by atoms with E-state index in [9.17, 15) is 0 Å². The average Bonchev–Trinajstić information content (AvgIpc) is 2.64. The summed E-state index contributed by atoms with van der Waals surface area (Å²) in [5.41, 5.74) is 12.4. The molecule has 3 rings (SSSR count). The van der Waals surface area contributed by atoms with Crippen LogP contribution in [0.2, 0.25) is 13.1 Å². The van der Waals surface area contributed by atoms with Gasteiger partial charge < -0.3 is 4.43 Å². The number of hydrogen-bond acceptors (Lipinski definition) is 1. The lowest BCUT2D eigenvalue weighted by molar-refractivity contribution is 0.238. The second kappa shape index (κ2) is 9.41. The van der Waals surface area contributed by atoms with Crippen molar-refractivity contribution in [1.29, 1.82) is 0 Å². The molecular weight excluding hydrogens is 403 g/mol.